The van der Waals surface area contributed by atoms with E-state index in [-0.39, 0.29) is 19.6 Å². The molecule has 1 aliphatic rings. The molecule has 0 amide bonds. The van der Waals surface area contributed by atoms with Gasteiger partial charge in [0.25, 0.3) is 5.56 Å². The van der Waals surface area contributed by atoms with Gasteiger partial charge >= 0.3 is 5.69 Å². The highest BCUT2D eigenvalue weighted by Gasteiger charge is 2.37. The number of aliphatic hydroxyl groups is 1. The molecule has 3 rings (SSSR count). The van der Waals surface area contributed by atoms with E-state index >= 15 is 0 Å². The van der Waals surface area contributed by atoms with Crippen LogP contribution in [0.25, 0.3) is 0 Å². The summed E-state index contributed by atoms with van der Waals surface area (Å²) in [4.78, 5) is 24.9. The van der Waals surface area contributed by atoms with Gasteiger partial charge in [0.2, 0.25) is 5.82 Å². The summed E-state index contributed by atoms with van der Waals surface area (Å²) in [7, 11) is 0. The summed E-state index contributed by atoms with van der Waals surface area (Å²) in [6, 6.07) is 7.55. The second-order valence-corrected chi connectivity index (χ2v) is 6.49. The molecule has 3 atom stereocenters. The van der Waals surface area contributed by atoms with Crippen LogP contribution in [0, 0.1) is 5.82 Å². The van der Waals surface area contributed by atoms with Crippen LogP contribution in [0.4, 0.5) is 4.39 Å². The average molecular weight is 415 g/mol. The van der Waals surface area contributed by atoms with Crippen LogP contribution in [-0.2, 0) is 16.1 Å². The van der Waals surface area contributed by atoms with E-state index in [1.807, 2.05) is 29.2 Å². The highest BCUT2D eigenvalue weighted by Crippen LogP contribution is 2.30. The van der Waals surface area contributed by atoms with Gasteiger partial charge in [0.15, 0.2) is 0 Å². The number of rotatable bonds is 5. The van der Waals surface area contributed by atoms with E-state index in [0.29, 0.717) is 0 Å². The van der Waals surface area contributed by atoms with Gasteiger partial charge in [-0.05, 0) is 11.6 Å². The summed E-state index contributed by atoms with van der Waals surface area (Å²) in [6.07, 6.45) is -0.934. The summed E-state index contributed by atoms with van der Waals surface area (Å²) in [6.45, 7) is -0.0226. The molecule has 1 fully saturated rings. The van der Waals surface area contributed by atoms with Crippen LogP contribution < -0.4 is 11.2 Å². The third-order valence-corrected chi connectivity index (χ3v) is 4.78. The van der Waals surface area contributed by atoms with Crippen LogP contribution in [0.1, 0.15) is 18.2 Å². The van der Waals surface area contributed by atoms with E-state index in [4.69, 9.17) is 9.47 Å². The monoisotopic (exact) mass is 414 g/mol. The van der Waals surface area contributed by atoms with Gasteiger partial charge in [0, 0.05) is 10.9 Å². The number of hydrogen-bond donors (Lipinski definition) is 2. The van der Waals surface area contributed by atoms with Crippen molar-refractivity contribution >= 4 is 15.9 Å². The van der Waals surface area contributed by atoms with E-state index in [9.17, 15) is 19.1 Å². The molecule has 1 aromatic carbocycles. The average Bonchev–Trinajstić information content (AvgIpc) is 3.00. The summed E-state index contributed by atoms with van der Waals surface area (Å²) in [5, 5.41) is 9.49. The first-order valence-corrected chi connectivity index (χ1v) is 8.41. The van der Waals surface area contributed by atoms with Gasteiger partial charge < -0.3 is 14.6 Å². The minimum atomic E-state index is -1.08. The topological polar surface area (TPSA) is 93.6 Å². The molecule has 2 aromatic rings. The second kappa shape index (κ2) is 7.61. The summed E-state index contributed by atoms with van der Waals surface area (Å²) in [5.41, 5.74) is -0.936. The molecule has 0 saturated carbocycles. The Morgan fingerprint density at radius 2 is 2.16 bits per heavy atom. The van der Waals surface area contributed by atoms with E-state index in [1.165, 1.54) is 0 Å². The lowest BCUT2D eigenvalue weighted by molar-refractivity contribution is -0.0660. The number of H-pyrrole nitrogens is 1. The minimum Gasteiger partial charge on any atom is -0.394 e. The van der Waals surface area contributed by atoms with Gasteiger partial charge in [0.05, 0.1) is 25.5 Å². The third kappa shape index (κ3) is 3.90. The van der Waals surface area contributed by atoms with E-state index in [2.05, 4.69) is 15.9 Å². The van der Waals surface area contributed by atoms with Crippen molar-refractivity contribution < 1.29 is 19.0 Å². The number of nitrogens with zero attached hydrogens (tertiary/aromatic N) is 1. The number of halogens is 2. The Morgan fingerprint density at radius 3 is 2.88 bits per heavy atom. The van der Waals surface area contributed by atoms with Crippen molar-refractivity contribution in [3.8, 4) is 0 Å². The van der Waals surface area contributed by atoms with Crippen molar-refractivity contribution in [1.29, 1.82) is 0 Å². The Hall–Kier alpha value is -1.81. The van der Waals surface area contributed by atoms with E-state index < -0.39 is 35.5 Å². The summed E-state index contributed by atoms with van der Waals surface area (Å²) in [5.74, 6) is -1.08. The number of nitrogens with one attached hydrogen (secondary N) is 1. The molecular formula is C16H16BrFN2O5. The van der Waals surface area contributed by atoms with Gasteiger partial charge in [0.1, 0.15) is 12.3 Å². The number of aromatic amines is 1. The van der Waals surface area contributed by atoms with E-state index in [0.717, 1.165) is 20.8 Å². The van der Waals surface area contributed by atoms with Crippen LogP contribution >= 0.6 is 15.9 Å². The first-order valence-electron chi connectivity index (χ1n) is 7.62. The molecule has 134 valence electrons. The van der Waals surface area contributed by atoms with Crippen molar-refractivity contribution in [3.63, 3.8) is 0 Å². The highest BCUT2D eigenvalue weighted by atomic mass is 79.9. The predicted molar refractivity (Wildman–Crippen MR) is 89.6 cm³/mol. The van der Waals surface area contributed by atoms with Crippen LogP contribution in [0.3, 0.4) is 0 Å². The smallest absolute Gasteiger partial charge is 0.330 e. The Bertz CT molecular complexity index is 868. The lowest BCUT2D eigenvalue weighted by atomic mass is 10.1. The van der Waals surface area contributed by atoms with Gasteiger partial charge in [-0.3, -0.25) is 14.3 Å². The molecule has 0 radical (unpaired) electrons. The normalized spacial score (nSPS) is 23.1. The molecule has 0 aliphatic carbocycles. The number of hydrogen-bond acceptors (Lipinski definition) is 5. The Morgan fingerprint density at radius 1 is 1.40 bits per heavy atom. The molecule has 2 N–H and O–H groups in total. The Labute approximate surface area is 150 Å². The molecule has 2 heterocycles. The highest BCUT2D eigenvalue weighted by molar-refractivity contribution is 9.10. The van der Waals surface area contributed by atoms with Crippen molar-refractivity contribution in [1.82, 2.24) is 9.55 Å². The Kier molecular flexibility index (Phi) is 5.48. The van der Waals surface area contributed by atoms with Crippen LogP contribution in [0.15, 0.2) is 44.5 Å². The van der Waals surface area contributed by atoms with Crippen molar-refractivity contribution in [3.05, 3.63) is 67.2 Å². The fourth-order valence-electron chi connectivity index (χ4n) is 2.70. The largest absolute Gasteiger partial charge is 0.394 e. The molecule has 0 bridgehead atoms. The lowest BCUT2D eigenvalue weighted by Gasteiger charge is -2.17. The number of aromatic nitrogens is 2. The first kappa shape index (κ1) is 18.0. The second-order valence-electron chi connectivity index (χ2n) is 5.63. The predicted octanol–water partition coefficient (Wildman–Crippen LogP) is 1.30. The Balaban J connectivity index is 1.75. The minimum absolute atomic E-state index is 0.237. The maximum atomic E-state index is 13.5. The summed E-state index contributed by atoms with van der Waals surface area (Å²) < 4.78 is 26.7. The lowest BCUT2D eigenvalue weighted by Crippen LogP contribution is -2.34. The standard InChI is InChI=1S/C16H16BrFN2O5/c17-10-4-2-1-3-9(10)8-24-12-5-14(25-13(12)7-21)20-6-11(18)15(22)19-16(20)23/h1-4,6,12-14,21H,5,7-8H2,(H,19,22,23)/t12-,13+,14+/m0/s1. The molecule has 25 heavy (non-hydrogen) atoms. The molecule has 1 aromatic heterocycles. The molecule has 0 spiro atoms. The molecule has 1 aliphatic heterocycles. The van der Waals surface area contributed by atoms with Crippen molar-refractivity contribution in [2.75, 3.05) is 6.61 Å². The zero-order chi connectivity index (χ0) is 18.0. The number of ether oxygens (including phenoxy) is 2. The molecular weight excluding hydrogens is 399 g/mol. The SMILES string of the molecule is O=c1[nH]c(=O)n([C@H]2C[C@H](OCc3ccccc3Br)[C@@H](CO)O2)cc1F. The van der Waals surface area contributed by atoms with Crippen LogP contribution in [0.5, 0.6) is 0 Å². The quantitative estimate of drug-likeness (QED) is 0.768. The number of benzene rings is 1. The molecule has 9 heteroatoms. The van der Waals surface area contributed by atoms with Crippen molar-refractivity contribution in [2.24, 2.45) is 0 Å². The van der Waals surface area contributed by atoms with Gasteiger partial charge in [-0.15, -0.1) is 0 Å². The zero-order valence-electron chi connectivity index (χ0n) is 13.0. The van der Waals surface area contributed by atoms with E-state index in [1.54, 1.807) is 0 Å². The number of aliphatic hydroxyl groups excluding tert-OH is 1. The molecule has 7 nitrogen and oxygen atoms in total. The first-order chi connectivity index (χ1) is 12.0. The molecule has 1 saturated heterocycles. The zero-order valence-corrected chi connectivity index (χ0v) is 14.6. The summed E-state index contributed by atoms with van der Waals surface area (Å²) >= 11 is 3.43. The maximum absolute atomic E-state index is 13.5. The van der Waals surface area contributed by atoms with Gasteiger partial charge in [-0.1, -0.05) is 34.1 Å². The van der Waals surface area contributed by atoms with Crippen LogP contribution in [0.2, 0.25) is 0 Å². The molecule has 0 unspecified atom stereocenters. The fourth-order valence-corrected chi connectivity index (χ4v) is 3.10. The van der Waals surface area contributed by atoms with Crippen molar-refractivity contribution in [2.45, 2.75) is 31.5 Å². The van der Waals surface area contributed by atoms with Crippen LogP contribution in [-0.4, -0.2) is 33.5 Å². The van der Waals surface area contributed by atoms with Gasteiger partial charge in [-0.25, -0.2) is 4.79 Å². The fraction of sp³-hybridized carbons (Fsp3) is 0.375. The third-order valence-electron chi connectivity index (χ3n) is 4.01. The van der Waals surface area contributed by atoms with Gasteiger partial charge in [-0.2, -0.15) is 4.39 Å². The maximum Gasteiger partial charge on any atom is 0.330 e.